The lowest BCUT2D eigenvalue weighted by atomic mass is 9.74. The Morgan fingerprint density at radius 1 is 1.28 bits per heavy atom. The number of rotatable bonds is 3. The van der Waals surface area contributed by atoms with Gasteiger partial charge in [0, 0.05) is 29.3 Å². The first-order valence-electron chi connectivity index (χ1n) is 9.56. The first kappa shape index (κ1) is 18.4. The number of hydrogen-bond donors (Lipinski definition) is 1. The Hall–Kier alpha value is -1.43. The zero-order chi connectivity index (χ0) is 18.2. The van der Waals surface area contributed by atoms with Crippen LogP contribution in [0.5, 0.6) is 0 Å². The van der Waals surface area contributed by atoms with E-state index in [2.05, 4.69) is 32.2 Å². The minimum absolute atomic E-state index is 0.0222. The molecule has 0 radical (unpaired) electrons. The van der Waals surface area contributed by atoms with Gasteiger partial charge in [0.2, 0.25) is 6.04 Å². The molecule has 0 aromatic carbocycles. The predicted molar refractivity (Wildman–Crippen MR) is 94.7 cm³/mol. The Kier molecular flexibility index (Phi) is 5.19. The predicted octanol–water partition coefficient (Wildman–Crippen LogP) is 3.23. The maximum absolute atomic E-state index is 12.5. The van der Waals surface area contributed by atoms with Crippen LogP contribution in [0.1, 0.15) is 65.7 Å². The van der Waals surface area contributed by atoms with E-state index in [1.54, 1.807) is 0 Å². The van der Waals surface area contributed by atoms with Gasteiger partial charge in [-0.1, -0.05) is 11.6 Å². The van der Waals surface area contributed by atoms with Crippen LogP contribution in [0.3, 0.4) is 0 Å². The van der Waals surface area contributed by atoms with Crippen molar-refractivity contribution in [2.45, 2.75) is 89.4 Å². The summed E-state index contributed by atoms with van der Waals surface area (Å²) in [5.74, 6) is -0.111. The first-order valence-corrected chi connectivity index (χ1v) is 9.56. The molecular weight excluding hydrogens is 320 g/mol. The largest absolute Gasteiger partial charge is 0.462 e. The second-order valence-electron chi connectivity index (χ2n) is 8.64. The summed E-state index contributed by atoms with van der Waals surface area (Å²) in [4.78, 5) is 23.3. The molecule has 0 bridgehead atoms. The van der Waals surface area contributed by atoms with Crippen LogP contribution in [-0.2, 0) is 9.53 Å². The van der Waals surface area contributed by atoms with Crippen LogP contribution in [0.25, 0.3) is 0 Å². The Morgan fingerprint density at radius 2 is 2.04 bits per heavy atom. The number of carbonyl (C=O) groups excluding carboxylic acids is 1. The molecule has 1 aliphatic heterocycles. The van der Waals surface area contributed by atoms with Crippen LogP contribution >= 0.6 is 0 Å². The van der Waals surface area contributed by atoms with Gasteiger partial charge in [0.15, 0.2) is 0 Å². The number of carbonyl (C=O) groups is 1. The van der Waals surface area contributed by atoms with Crippen LogP contribution < -0.4 is 5.32 Å². The zero-order valence-electron chi connectivity index (χ0n) is 15.5. The molecule has 0 amide bonds. The second kappa shape index (κ2) is 7.06. The van der Waals surface area contributed by atoms with Gasteiger partial charge in [-0.25, -0.2) is 0 Å². The van der Waals surface area contributed by atoms with Gasteiger partial charge in [-0.05, 0) is 58.8 Å². The quantitative estimate of drug-likeness (QED) is 0.366. The summed E-state index contributed by atoms with van der Waals surface area (Å²) in [5.41, 5.74) is 1.40. The summed E-state index contributed by atoms with van der Waals surface area (Å²) < 4.78 is 5.79. The third kappa shape index (κ3) is 4.22. The van der Waals surface area contributed by atoms with Gasteiger partial charge in [-0.15, -0.1) is 0 Å². The first-order chi connectivity index (χ1) is 11.7. The van der Waals surface area contributed by atoms with Crippen molar-refractivity contribution in [1.82, 2.24) is 5.32 Å². The summed E-state index contributed by atoms with van der Waals surface area (Å²) in [5, 5.41) is 14.7. The van der Waals surface area contributed by atoms with Crippen molar-refractivity contribution >= 4 is 5.97 Å². The van der Waals surface area contributed by atoms with Gasteiger partial charge in [-0.2, -0.15) is 0 Å². The molecule has 1 N–H and O–H groups in total. The Balaban J connectivity index is 1.57. The molecule has 6 heteroatoms. The molecule has 140 valence electrons. The van der Waals surface area contributed by atoms with Gasteiger partial charge in [-0.3, -0.25) is 14.9 Å². The fourth-order valence-electron chi connectivity index (χ4n) is 4.94. The monoisotopic (exact) mass is 350 g/mol. The van der Waals surface area contributed by atoms with Crippen molar-refractivity contribution in [2.24, 2.45) is 11.8 Å². The minimum Gasteiger partial charge on any atom is -0.462 e. The van der Waals surface area contributed by atoms with E-state index in [1.165, 1.54) is 5.57 Å². The molecule has 5 atom stereocenters. The van der Waals surface area contributed by atoms with Crippen LogP contribution in [0.4, 0.5) is 0 Å². The van der Waals surface area contributed by atoms with Gasteiger partial charge < -0.3 is 10.1 Å². The summed E-state index contributed by atoms with van der Waals surface area (Å²) in [6, 6.07) is -0.138. The number of hydrogen-bond acceptors (Lipinski definition) is 5. The average molecular weight is 350 g/mol. The molecule has 3 aliphatic rings. The summed E-state index contributed by atoms with van der Waals surface area (Å²) in [6.07, 6.45) is 7.31. The smallest absolute Gasteiger partial charge is 0.309 e. The lowest BCUT2D eigenvalue weighted by Crippen LogP contribution is -2.54. The number of esters is 1. The molecule has 2 fully saturated rings. The van der Waals surface area contributed by atoms with Crippen molar-refractivity contribution in [2.75, 3.05) is 0 Å². The standard InChI is InChI=1S/C19H30N2O4/c1-12-11-19(2,3)20-17-8-7-15(10-16(12)17)25-18(22)13-5-4-6-14(9-13)21(23)24/h11,13-17,20H,4-10H2,1-3H3. The Morgan fingerprint density at radius 3 is 2.76 bits per heavy atom. The molecule has 0 spiro atoms. The lowest BCUT2D eigenvalue weighted by Gasteiger charge is -2.45. The molecule has 0 aromatic heterocycles. The Labute approximate surface area is 149 Å². The molecule has 2 aliphatic carbocycles. The third-order valence-electron chi connectivity index (χ3n) is 6.09. The van der Waals surface area contributed by atoms with Crippen molar-refractivity contribution in [3.05, 3.63) is 21.8 Å². The van der Waals surface area contributed by atoms with Gasteiger partial charge in [0.1, 0.15) is 6.10 Å². The molecular formula is C19H30N2O4. The van der Waals surface area contributed by atoms with Gasteiger partial charge in [0.25, 0.3) is 0 Å². The number of fused-ring (bicyclic) bond motifs is 1. The maximum Gasteiger partial charge on any atom is 0.309 e. The van der Waals surface area contributed by atoms with Gasteiger partial charge in [0.05, 0.1) is 5.92 Å². The summed E-state index contributed by atoms with van der Waals surface area (Å²) >= 11 is 0. The van der Waals surface area contributed by atoms with Crippen molar-refractivity contribution in [3.8, 4) is 0 Å². The van der Waals surface area contributed by atoms with E-state index in [9.17, 15) is 14.9 Å². The number of nitrogens with one attached hydrogen (secondary N) is 1. The lowest BCUT2D eigenvalue weighted by molar-refractivity contribution is -0.527. The van der Waals surface area contributed by atoms with E-state index in [1.807, 2.05) is 0 Å². The van der Waals surface area contributed by atoms with E-state index < -0.39 is 6.04 Å². The fourth-order valence-corrected chi connectivity index (χ4v) is 4.94. The zero-order valence-corrected chi connectivity index (χ0v) is 15.5. The molecule has 5 unspecified atom stereocenters. The highest BCUT2D eigenvalue weighted by Crippen LogP contribution is 2.37. The topological polar surface area (TPSA) is 81.5 Å². The highest BCUT2D eigenvalue weighted by molar-refractivity contribution is 5.72. The fraction of sp³-hybridized carbons (Fsp3) is 0.842. The van der Waals surface area contributed by atoms with E-state index >= 15 is 0 Å². The van der Waals surface area contributed by atoms with Crippen molar-refractivity contribution in [1.29, 1.82) is 0 Å². The van der Waals surface area contributed by atoms with Crippen molar-refractivity contribution in [3.63, 3.8) is 0 Å². The highest BCUT2D eigenvalue weighted by atomic mass is 16.6. The molecule has 2 saturated carbocycles. The molecule has 0 saturated heterocycles. The third-order valence-corrected chi connectivity index (χ3v) is 6.09. The summed E-state index contributed by atoms with van der Waals surface area (Å²) in [7, 11) is 0. The summed E-state index contributed by atoms with van der Waals surface area (Å²) in [6.45, 7) is 6.55. The molecule has 25 heavy (non-hydrogen) atoms. The van der Waals surface area contributed by atoms with E-state index in [0.717, 1.165) is 32.1 Å². The maximum atomic E-state index is 12.5. The van der Waals surface area contributed by atoms with E-state index in [-0.39, 0.29) is 28.5 Å². The SMILES string of the molecule is CC1=CC(C)(C)NC2CCC(OC(=O)C3CCCC([N+](=O)[O-])C3)CC12. The number of nitro groups is 1. The van der Waals surface area contributed by atoms with Crippen LogP contribution in [0.2, 0.25) is 0 Å². The molecule has 6 nitrogen and oxygen atoms in total. The van der Waals surface area contributed by atoms with Crippen molar-refractivity contribution < 1.29 is 14.5 Å². The molecule has 1 heterocycles. The van der Waals surface area contributed by atoms with E-state index in [4.69, 9.17) is 4.74 Å². The highest BCUT2D eigenvalue weighted by Gasteiger charge is 2.40. The van der Waals surface area contributed by atoms with Crippen LogP contribution in [-0.4, -0.2) is 34.6 Å². The van der Waals surface area contributed by atoms with Gasteiger partial charge >= 0.3 is 5.97 Å². The van der Waals surface area contributed by atoms with Crippen LogP contribution in [0.15, 0.2) is 11.6 Å². The Bertz CT molecular complexity index is 572. The number of ether oxygens (including phenoxy) is 1. The number of nitrogens with zero attached hydrogens (tertiary/aromatic N) is 1. The van der Waals surface area contributed by atoms with Crippen LogP contribution in [0, 0.1) is 22.0 Å². The normalized spacial score (nSPS) is 37.6. The minimum atomic E-state index is -0.586. The second-order valence-corrected chi connectivity index (χ2v) is 8.64. The molecule has 3 rings (SSSR count). The van der Waals surface area contributed by atoms with E-state index in [0.29, 0.717) is 24.8 Å². The average Bonchev–Trinajstić information content (AvgIpc) is 2.54. The molecule has 0 aromatic rings.